The van der Waals surface area contributed by atoms with E-state index in [1.54, 1.807) is 11.9 Å². The third-order valence-electron chi connectivity index (χ3n) is 3.46. The number of nitrogens with one attached hydrogen (secondary N) is 1. The lowest BCUT2D eigenvalue weighted by molar-refractivity contribution is -0.132. The summed E-state index contributed by atoms with van der Waals surface area (Å²) >= 11 is 0. The summed E-state index contributed by atoms with van der Waals surface area (Å²) in [5, 5.41) is 12.4. The molecule has 1 amide bonds. The van der Waals surface area contributed by atoms with Gasteiger partial charge >= 0.3 is 0 Å². The van der Waals surface area contributed by atoms with Crippen LogP contribution in [-0.4, -0.2) is 54.8 Å². The Balaban J connectivity index is 1.65. The van der Waals surface area contributed by atoms with E-state index >= 15 is 0 Å². The maximum atomic E-state index is 12.1. The SMILES string of the molecule is CN(CCOCc1ccccc1)C(=O)C1CC(O)CN1. The second-order valence-electron chi connectivity index (χ2n) is 5.15. The third kappa shape index (κ3) is 4.30. The summed E-state index contributed by atoms with van der Waals surface area (Å²) in [6.07, 6.45) is 0.0836. The van der Waals surface area contributed by atoms with Crippen LogP contribution in [0.15, 0.2) is 30.3 Å². The van der Waals surface area contributed by atoms with Gasteiger partial charge < -0.3 is 20.1 Å². The average molecular weight is 278 g/mol. The van der Waals surface area contributed by atoms with E-state index in [4.69, 9.17) is 4.74 Å². The Morgan fingerprint density at radius 1 is 1.45 bits per heavy atom. The number of likely N-dealkylation sites (N-methyl/N-ethyl adjacent to an activating group) is 1. The van der Waals surface area contributed by atoms with Crippen molar-refractivity contribution >= 4 is 5.91 Å². The molecule has 1 aliphatic rings. The summed E-state index contributed by atoms with van der Waals surface area (Å²) in [7, 11) is 1.76. The first-order valence-electron chi connectivity index (χ1n) is 6.95. The van der Waals surface area contributed by atoms with Gasteiger partial charge in [0.1, 0.15) is 0 Å². The molecule has 1 heterocycles. The topological polar surface area (TPSA) is 61.8 Å². The van der Waals surface area contributed by atoms with Crippen LogP contribution in [-0.2, 0) is 16.1 Å². The molecule has 0 saturated carbocycles. The smallest absolute Gasteiger partial charge is 0.239 e. The number of amides is 1. The Labute approximate surface area is 119 Å². The summed E-state index contributed by atoms with van der Waals surface area (Å²) in [6.45, 7) is 2.12. The van der Waals surface area contributed by atoms with Gasteiger partial charge in [0.05, 0.1) is 25.4 Å². The highest BCUT2D eigenvalue weighted by Gasteiger charge is 2.29. The van der Waals surface area contributed by atoms with Gasteiger partial charge in [0.25, 0.3) is 0 Å². The highest BCUT2D eigenvalue weighted by atomic mass is 16.5. The number of carbonyl (C=O) groups is 1. The minimum absolute atomic E-state index is 0.0184. The molecule has 1 aliphatic heterocycles. The molecule has 2 unspecified atom stereocenters. The van der Waals surface area contributed by atoms with E-state index in [1.807, 2.05) is 30.3 Å². The largest absolute Gasteiger partial charge is 0.392 e. The summed E-state index contributed by atoms with van der Waals surface area (Å²) in [5.41, 5.74) is 1.13. The van der Waals surface area contributed by atoms with Crippen molar-refractivity contribution in [2.75, 3.05) is 26.7 Å². The Kier molecular flexibility index (Phi) is 5.52. The fourth-order valence-corrected chi connectivity index (χ4v) is 2.25. The van der Waals surface area contributed by atoms with E-state index < -0.39 is 6.10 Å². The van der Waals surface area contributed by atoms with Crippen LogP contribution in [0.4, 0.5) is 0 Å². The van der Waals surface area contributed by atoms with Crippen LogP contribution >= 0.6 is 0 Å². The summed E-state index contributed by atoms with van der Waals surface area (Å²) in [5.74, 6) is 0.0184. The Bertz CT molecular complexity index is 424. The molecule has 2 rings (SSSR count). The van der Waals surface area contributed by atoms with Gasteiger partial charge in [0.15, 0.2) is 0 Å². The van der Waals surface area contributed by atoms with Crippen LogP contribution in [0.1, 0.15) is 12.0 Å². The van der Waals surface area contributed by atoms with E-state index in [-0.39, 0.29) is 11.9 Å². The maximum absolute atomic E-state index is 12.1. The van der Waals surface area contributed by atoms with Crippen LogP contribution in [0.2, 0.25) is 0 Å². The molecule has 0 aliphatic carbocycles. The number of ether oxygens (including phenoxy) is 1. The van der Waals surface area contributed by atoms with Gasteiger partial charge in [-0.15, -0.1) is 0 Å². The highest BCUT2D eigenvalue weighted by molar-refractivity contribution is 5.82. The normalized spacial score (nSPS) is 21.9. The fourth-order valence-electron chi connectivity index (χ4n) is 2.25. The third-order valence-corrected chi connectivity index (χ3v) is 3.46. The quantitative estimate of drug-likeness (QED) is 0.739. The van der Waals surface area contributed by atoms with Gasteiger partial charge in [-0.2, -0.15) is 0 Å². The number of benzene rings is 1. The summed E-state index contributed by atoms with van der Waals surface area (Å²) in [6, 6.07) is 9.69. The molecule has 0 aromatic heterocycles. The summed E-state index contributed by atoms with van der Waals surface area (Å²) < 4.78 is 5.56. The molecule has 2 atom stereocenters. The molecule has 0 spiro atoms. The molecule has 1 saturated heterocycles. The van der Waals surface area contributed by atoms with Gasteiger partial charge in [0, 0.05) is 20.1 Å². The molecule has 1 aromatic carbocycles. The molecule has 0 radical (unpaired) electrons. The Morgan fingerprint density at radius 2 is 2.20 bits per heavy atom. The van der Waals surface area contributed by atoms with Gasteiger partial charge in [0.2, 0.25) is 5.91 Å². The van der Waals surface area contributed by atoms with Crippen molar-refractivity contribution < 1.29 is 14.6 Å². The van der Waals surface area contributed by atoms with Crippen LogP contribution < -0.4 is 5.32 Å². The maximum Gasteiger partial charge on any atom is 0.239 e. The lowest BCUT2D eigenvalue weighted by atomic mass is 10.2. The van der Waals surface area contributed by atoms with E-state index in [9.17, 15) is 9.90 Å². The second-order valence-corrected chi connectivity index (χ2v) is 5.15. The number of rotatable bonds is 6. The van der Waals surface area contributed by atoms with Gasteiger partial charge in [-0.3, -0.25) is 4.79 Å². The van der Waals surface area contributed by atoms with Crippen molar-refractivity contribution in [3.63, 3.8) is 0 Å². The van der Waals surface area contributed by atoms with Gasteiger partial charge in [-0.1, -0.05) is 30.3 Å². The molecular formula is C15H22N2O3. The Hall–Kier alpha value is -1.43. The number of nitrogens with zero attached hydrogens (tertiary/aromatic N) is 1. The number of aliphatic hydroxyl groups is 1. The zero-order chi connectivity index (χ0) is 14.4. The van der Waals surface area contributed by atoms with Crippen molar-refractivity contribution in [2.45, 2.75) is 25.2 Å². The molecular weight excluding hydrogens is 256 g/mol. The van der Waals surface area contributed by atoms with Crippen molar-refractivity contribution in [1.29, 1.82) is 0 Å². The first kappa shape index (κ1) is 15.0. The number of β-amino-alcohol motifs (C(OH)–C–C–N with tert-alkyl or cyclic N) is 1. The molecule has 1 aromatic rings. The molecule has 0 bridgehead atoms. The molecule has 5 heteroatoms. The van der Waals surface area contributed by atoms with E-state index in [0.717, 1.165) is 5.56 Å². The monoisotopic (exact) mass is 278 g/mol. The lowest BCUT2D eigenvalue weighted by Crippen LogP contribution is -2.42. The standard InChI is InChI=1S/C15H22N2O3/c1-17(15(19)14-9-13(18)10-16-14)7-8-20-11-12-5-3-2-4-6-12/h2-6,13-14,16,18H,7-11H2,1H3. The van der Waals surface area contributed by atoms with Crippen LogP contribution in [0.5, 0.6) is 0 Å². The first-order chi connectivity index (χ1) is 9.66. The average Bonchev–Trinajstić information content (AvgIpc) is 2.90. The van der Waals surface area contributed by atoms with Crippen molar-refractivity contribution in [3.05, 3.63) is 35.9 Å². The van der Waals surface area contributed by atoms with Gasteiger partial charge in [-0.05, 0) is 12.0 Å². The van der Waals surface area contributed by atoms with E-state index in [0.29, 0.717) is 32.7 Å². The zero-order valence-corrected chi connectivity index (χ0v) is 11.8. The molecule has 110 valence electrons. The molecule has 20 heavy (non-hydrogen) atoms. The van der Waals surface area contributed by atoms with Crippen molar-refractivity contribution in [1.82, 2.24) is 10.2 Å². The van der Waals surface area contributed by atoms with Crippen LogP contribution in [0, 0.1) is 0 Å². The van der Waals surface area contributed by atoms with Gasteiger partial charge in [-0.25, -0.2) is 0 Å². The minimum atomic E-state index is -0.410. The fraction of sp³-hybridized carbons (Fsp3) is 0.533. The van der Waals surface area contributed by atoms with Crippen LogP contribution in [0.25, 0.3) is 0 Å². The van der Waals surface area contributed by atoms with Crippen molar-refractivity contribution in [3.8, 4) is 0 Å². The second kappa shape index (κ2) is 7.38. The first-order valence-corrected chi connectivity index (χ1v) is 6.95. The predicted molar refractivity (Wildman–Crippen MR) is 76.1 cm³/mol. The van der Waals surface area contributed by atoms with Crippen LogP contribution in [0.3, 0.4) is 0 Å². The number of hydrogen-bond donors (Lipinski definition) is 2. The zero-order valence-electron chi connectivity index (χ0n) is 11.8. The van der Waals surface area contributed by atoms with E-state index in [1.165, 1.54) is 0 Å². The highest BCUT2D eigenvalue weighted by Crippen LogP contribution is 2.08. The molecule has 2 N–H and O–H groups in total. The lowest BCUT2D eigenvalue weighted by Gasteiger charge is -2.21. The van der Waals surface area contributed by atoms with E-state index in [2.05, 4.69) is 5.32 Å². The Morgan fingerprint density at radius 3 is 2.85 bits per heavy atom. The number of aliphatic hydroxyl groups excluding tert-OH is 1. The predicted octanol–water partition coefficient (Wildman–Crippen LogP) is 0.384. The molecule has 1 fully saturated rings. The number of carbonyl (C=O) groups excluding carboxylic acids is 1. The number of hydrogen-bond acceptors (Lipinski definition) is 4. The molecule has 5 nitrogen and oxygen atoms in total. The summed E-state index contributed by atoms with van der Waals surface area (Å²) in [4.78, 5) is 13.7. The van der Waals surface area contributed by atoms with Crippen molar-refractivity contribution in [2.24, 2.45) is 0 Å². The minimum Gasteiger partial charge on any atom is -0.392 e.